The molecule has 0 aliphatic carbocycles. The first-order valence-electron chi connectivity index (χ1n) is 13.2. The number of nitrogens with zero attached hydrogens (tertiary/aromatic N) is 2. The number of hydrogen-bond donors (Lipinski definition) is 0. The van der Waals surface area contributed by atoms with Crippen molar-refractivity contribution in [3.63, 3.8) is 0 Å². The van der Waals surface area contributed by atoms with E-state index in [2.05, 4.69) is 0 Å². The lowest BCUT2D eigenvalue weighted by molar-refractivity contribution is -0.130. The molecule has 1 saturated heterocycles. The zero-order valence-electron chi connectivity index (χ0n) is 23.5. The van der Waals surface area contributed by atoms with E-state index in [4.69, 9.17) is 9.47 Å². The van der Waals surface area contributed by atoms with Gasteiger partial charge in [-0.25, -0.2) is 4.39 Å². The average Bonchev–Trinajstić information content (AvgIpc) is 2.97. The van der Waals surface area contributed by atoms with Gasteiger partial charge in [0.05, 0.1) is 20.8 Å². The van der Waals surface area contributed by atoms with E-state index in [1.165, 1.54) is 25.2 Å². The van der Waals surface area contributed by atoms with Crippen molar-refractivity contribution in [3.05, 3.63) is 94.8 Å². The predicted molar refractivity (Wildman–Crippen MR) is 151 cm³/mol. The van der Waals surface area contributed by atoms with Gasteiger partial charge >= 0.3 is 0 Å². The normalized spacial score (nSPS) is 17.8. The summed E-state index contributed by atoms with van der Waals surface area (Å²) in [6, 6.07) is 18.5. The number of carbonyl (C=O) groups is 3. The van der Waals surface area contributed by atoms with Crippen molar-refractivity contribution in [1.82, 2.24) is 9.80 Å². The minimum Gasteiger partial charge on any atom is -0.497 e. The Balaban J connectivity index is 1.87. The lowest BCUT2D eigenvalue weighted by Crippen LogP contribution is -2.52. The molecule has 3 aromatic carbocycles. The summed E-state index contributed by atoms with van der Waals surface area (Å²) in [5, 5.41) is 0. The molecular weight excluding hydrogens is 511 g/mol. The van der Waals surface area contributed by atoms with E-state index in [-0.39, 0.29) is 37.1 Å². The van der Waals surface area contributed by atoms with Crippen molar-refractivity contribution >= 4 is 17.5 Å². The molecule has 0 saturated carbocycles. The molecule has 0 N–H and O–H groups in total. The van der Waals surface area contributed by atoms with Gasteiger partial charge in [-0.05, 0) is 48.4 Å². The molecule has 1 amide bonds. The number of carbonyl (C=O) groups excluding carboxylic acids is 3. The predicted octanol–water partition coefficient (Wildman–Crippen LogP) is 4.64. The molecule has 1 aliphatic heterocycles. The van der Waals surface area contributed by atoms with Crippen LogP contribution in [0.25, 0.3) is 0 Å². The smallest absolute Gasteiger partial charge is 0.236 e. The number of amides is 1. The van der Waals surface area contributed by atoms with Gasteiger partial charge in [0.2, 0.25) is 5.91 Å². The number of halogens is 1. The summed E-state index contributed by atoms with van der Waals surface area (Å²) in [5.74, 6) is -1.95. The molecule has 1 heterocycles. The number of piperidine rings is 1. The van der Waals surface area contributed by atoms with E-state index in [9.17, 15) is 18.8 Å². The van der Waals surface area contributed by atoms with E-state index in [1.807, 2.05) is 4.90 Å². The van der Waals surface area contributed by atoms with Crippen molar-refractivity contribution in [1.29, 1.82) is 0 Å². The molecule has 1 aliphatic rings. The highest BCUT2D eigenvalue weighted by Gasteiger charge is 2.46. The Morgan fingerprint density at radius 1 is 0.850 bits per heavy atom. The topological polar surface area (TPSA) is 76.2 Å². The largest absolute Gasteiger partial charge is 0.497 e. The molecule has 0 unspecified atom stereocenters. The van der Waals surface area contributed by atoms with Crippen LogP contribution in [0.5, 0.6) is 11.5 Å². The Hall–Kier alpha value is -4.04. The maximum Gasteiger partial charge on any atom is 0.236 e. The number of likely N-dealkylation sites (N-methyl/N-ethyl adjacent to an activating group) is 1. The summed E-state index contributed by atoms with van der Waals surface area (Å²) in [6.45, 7) is 2.19. The molecule has 210 valence electrons. The molecule has 0 bridgehead atoms. The second-order valence-electron chi connectivity index (χ2n) is 10.4. The number of likely N-dealkylation sites (tertiary alicyclic amines) is 1. The van der Waals surface area contributed by atoms with E-state index in [0.29, 0.717) is 33.8 Å². The minimum absolute atomic E-state index is 0.0473. The zero-order chi connectivity index (χ0) is 29.0. The average molecular weight is 547 g/mol. The summed E-state index contributed by atoms with van der Waals surface area (Å²) >= 11 is 0. The summed E-state index contributed by atoms with van der Waals surface area (Å²) < 4.78 is 25.6. The van der Waals surface area contributed by atoms with Gasteiger partial charge in [-0.1, -0.05) is 36.4 Å². The van der Waals surface area contributed by atoms with Crippen LogP contribution in [0.4, 0.5) is 4.39 Å². The fraction of sp³-hybridized carbons (Fsp3) is 0.344. The van der Waals surface area contributed by atoms with Gasteiger partial charge in [-0.15, -0.1) is 0 Å². The third kappa shape index (κ3) is 6.07. The highest BCUT2D eigenvalue weighted by Crippen LogP contribution is 2.42. The second kappa shape index (κ2) is 12.4. The van der Waals surface area contributed by atoms with E-state index in [1.54, 1.807) is 81.7 Å². The van der Waals surface area contributed by atoms with E-state index in [0.717, 1.165) is 0 Å². The molecule has 0 spiro atoms. The lowest BCUT2D eigenvalue weighted by atomic mass is 9.67. The number of ether oxygens (including phenoxy) is 2. The number of rotatable bonds is 9. The maximum atomic E-state index is 14.9. The number of ketones is 2. The first-order valence-corrected chi connectivity index (χ1v) is 13.2. The quantitative estimate of drug-likeness (QED) is 0.364. The summed E-state index contributed by atoms with van der Waals surface area (Å²) in [6.07, 6.45) is 0. The molecule has 8 heteroatoms. The second-order valence-corrected chi connectivity index (χ2v) is 10.4. The van der Waals surface area contributed by atoms with Crippen LogP contribution in [0.1, 0.15) is 37.8 Å². The van der Waals surface area contributed by atoms with Crippen LogP contribution in [0.3, 0.4) is 0 Å². The van der Waals surface area contributed by atoms with E-state index >= 15 is 0 Å². The number of Topliss-reactive ketones (excluding diaryl/α,β-unsaturated/α-hetero) is 2. The third-order valence-electron chi connectivity index (χ3n) is 7.69. The van der Waals surface area contributed by atoms with Gasteiger partial charge in [0, 0.05) is 56.1 Å². The van der Waals surface area contributed by atoms with Gasteiger partial charge in [0.25, 0.3) is 0 Å². The van der Waals surface area contributed by atoms with Crippen LogP contribution >= 0.6 is 0 Å². The van der Waals surface area contributed by atoms with E-state index < -0.39 is 23.6 Å². The standard InChI is InChI=1S/C32H35FN2O5/c1-20-25(13-8-14-28(20)33)30-26(31(37)21-9-6-11-23(15-21)39-4)17-35(19-29(36)34(2)3)18-27(30)32(38)22-10-7-12-24(16-22)40-5/h6-16,26-27,30H,17-19H2,1-5H3/t26-,27-/m0/s1. The summed E-state index contributed by atoms with van der Waals surface area (Å²) in [7, 11) is 6.40. The molecule has 0 radical (unpaired) electrons. The van der Waals surface area contributed by atoms with Crippen LogP contribution in [0.2, 0.25) is 0 Å². The molecule has 2 atom stereocenters. The number of methoxy groups -OCH3 is 2. The Kier molecular flexibility index (Phi) is 9.00. The van der Waals surface area contributed by atoms with Gasteiger partial charge in [0.1, 0.15) is 17.3 Å². The summed E-state index contributed by atoms with van der Waals surface area (Å²) in [4.78, 5) is 44.5. The SMILES string of the molecule is COc1cccc(C(=O)[C@H]2CN(CC(=O)N(C)C)C[C@H](C(=O)c3cccc(OC)c3)C2c2cccc(F)c2C)c1. The highest BCUT2D eigenvalue weighted by atomic mass is 19.1. The molecular formula is C32H35FN2O5. The third-order valence-corrected chi connectivity index (χ3v) is 7.69. The number of benzene rings is 3. The molecule has 1 fully saturated rings. The fourth-order valence-corrected chi connectivity index (χ4v) is 5.49. The Labute approximate surface area is 234 Å². The van der Waals surface area contributed by atoms with Gasteiger partial charge in [-0.3, -0.25) is 19.3 Å². The zero-order valence-corrected chi connectivity index (χ0v) is 23.5. The van der Waals surface area contributed by atoms with Gasteiger partial charge in [0.15, 0.2) is 11.6 Å². The fourth-order valence-electron chi connectivity index (χ4n) is 5.49. The maximum absolute atomic E-state index is 14.9. The first-order chi connectivity index (χ1) is 19.1. The van der Waals surface area contributed by atoms with Gasteiger partial charge in [-0.2, -0.15) is 0 Å². The summed E-state index contributed by atoms with van der Waals surface area (Å²) in [5.41, 5.74) is 1.87. The Morgan fingerprint density at radius 2 is 1.35 bits per heavy atom. The molecule has 4 rings (SSSR count). The number of hydrogen-bond acceptors (Lipinski definition) is 6. The van der Waals surface area contributed by atoms with Crippen molar-refractivity contribution in [2.24, 2.45) is 11.8 Å². The van der Waals surface area contributed by atoms with Crippen molar-refractivity contribution in [3.8, 4) is 11.5 Å². The Bertz CT molecular complexity index is 1340. The van der Waals surface area contributed by atoms with Crippen LogP contribution in [0, 0.1) is 24.6 Å². The monoisotopic (exact) mass is 546 g/mol. The molecule has 7 nitrogen and oxygen atoms in total. The van der Waals surface area contributed by atoms with Crippen LogP contribution in [-0.2, 0) is 4.79 Å². The van der Waals surface area contributed by atoms with Crippen molar-refractivity contribution in [2.45, 2.75) is 12.8 Å². The lowest BCUT2D eigenvalue weighted by Gasteiger charge is -2.43. The van der Waals surface area contributed by atoms with Gasteiger partial charge < -0.3 is 14.4 Å². The van der Waals surface area contributed by atoms with Crippen LogP contribution in [-0.4, -0.2) is 75.2 Å². The molecule has 0 aromatic heterocycles. The minimum atomic E-state index is -0.726. The Morgan fingerprint density at radius 3 is 1.82 bits per heavy atom. The van der Waals surface area contributed by atoms with Crippen molar-refractivity contribution < 1.29 is 28.2 Å². The molecule has 3 aromatic rings. The van der Waals surface area contributed by atoms with Crippen LogP contribution in [0.15, 0.2) is 66.7 Å². The van der Waals surface area contributed by atoms with Crippen LogP contribution < -0.4 is 9.47 Å². The first kappa shape index (κ1) is 29.0. The highest BCUT2D eigenvalue weighted by molar-refractivity contribution is 6.02. The molecule has 40 heavy (non-hydrogen) atoms. The van der Waals surface area contributed by atoms with Crippen molar-refractivity contribution in [2.75, 3.05) is 47.9 Å².